The Balaban J connectivity index is 1.90. The first-order valence-electron chi connectivity index (χ1n) is 6.99. The minimum Gasteiger partial charge on any atom is -0.314 e. The Kier molecular flexibility index (Phi) is 4.55. The highest BCUT2D eigenvalue weighted by molar-refractivity contribution is 5.14. The lowest BCUT2D eigenvalue weighted by Crippen LogP contribution is -2.31. The maximum Gasteiger partial charge on any atom is 0.0419 e. The van der Waals surface area contributed by atoms with Crippen molar-refractivity contribution >= 4 is 0 Å². The Bertz CT molecular complexity index is 327. The molecular formula is C15H24N2. The molecule has 0 aromatic carbocycles. The minimum absolute atomic E-state index is 0.618. The van der Waals surface area contributed by atoms with Crippen molar-refractivity contribution in [3.8, 4) is 0 Å². The minimum atomic E-state index is 0.618. The molecule has 1 aromatic rings. The van der Waals surface area contributed by atoms with Crippen molar-refractivity contribution in [2.45, 2.75) is 52.0 Å². The van der Waals surface area contributed by atoms with Gasteiger partial charge >= 0.3 is 0 Å². The zero-order valence-electron chi connectivity index (χ0n) is 11.1. The van der Waals surface area contributed by atoms with E-state index in [9.17, 15) is 0 Å². The molecule has 2 heteroatoms. The van der Waals surface area contributed by atoms with Crippen LogP contribution in [0.3, 0.4) is 0 Å². The lowest BCUT2D eigenvalue weighted by Gasteiger charge is -2.17. The number of nitrogens with one attached hydrogen (secondary N) is 1. The fraction of sp³-hybridized carbons (Fsp3) is 0.667. The van der Waals surface area contributed by atoms with E-state index in [2.05, 4.69) is 36.3 Å². The molecule has 0 bridgehead atoms. The molecular weight excluding hydrogens is 208 g/mol. The summed E-state index contributed by atoms with van der Waals surface area (Å²) < 4.78 is 0. The van der Waals surface area contributed by atoms with Gasteiger partial charge in [-0.2, -0.15) is 0 Å². The number of pyridine rings is 1. The van der Waals surface area contributed by atoms with Gasteiger partial charge in [0.15, 0.2) is 0 Å². The summed E-state index contributed by atoms with van der Waals surface area (Å²) in [7, 11) is 0. The third-order valence-corrected chi connectivity index (χ3v) is 3.56. The second-order valence-corrected chi connectivity index (χ2v) is 5.15. The first-order chi connectivity index (χ1) is 8.31. The van der Waals surface area contributed by atoms with Crippen LogP contribution in [0.1, 0.15) is 44.4 Å². The maximum atomic E-state index is 4.56. The Labute approximate surface area is 105 Å². The van der Waals surface area contributed by atoms with Crippen molar-refractivity contribution < 1.29 is 0 Å². The van der Waals surface area contributed by atoms with E-state index in [0.29, 0.717) is 6.04 Å². The number of aryl methyl sites for hydroxylation is 1. The predicted molar refractivity (Wildman–Crippen MR) is 72.1 cm³/mol. The van der Waals surface area contributed by atoms with Gasteiger partial charge in [0.05, 0.1) is 0 Å². The lowest BCUT2D eigenvalue weighted by atomic mass is 10.0. The summed E-state index contributed by atoms with van der Waals surface area (Å²) in [5.74, 6) is 0.981. The molecule has 1 aromatic heterocycles. The summed E-state index contributed by atoms with van der Waals surface area (Å²) >= 11 is 0. The van der Waals surface area contributed by atoms with Crippen LogP contribution in [0.25, 0.3) is 0 Å². The smallest absolute Gasteiger partial charge is 0.0419 e. The average molecular weight is 232 g/mol. The molecule has 0 aliphatic heterocycles. The van der Waals surface area contributed by atoms with Crippen LogP contribution in [-0.4, -0.2) is 17.6 Å². The number of rotatable bonds is 7. The van der Waals surface area contributed by atoms with E-state index in [0.717, 1.165) is 25.3 Å². The molecule has 2 nitrogen and oxygen atoms in total. The number of hydrogen-bond acceptors (Lipinski definition) is 2. The highest BCUT2D eigenvalue weighted by Gasteiger charge is 2.25. The summed E-state index contributed by atoms with van der Waals surface area (Å²) in [6, 6.07) is 5.02. The van der Waals surface area contributed by atoms with Gasteiger partial charge in [-0.3, -0.25) is 4.98 Å². The molecule has 0 amide bonds. The van der Waals surface area contributed by atoms with Crippen LogP contribution in [0.2, 0.25) is 0 Å². The van der Waals surface area contributed by atoms with Crippen LogP contribution in [-0.2, 0) is 12.8 Å². The van der Waals surface area contributed by atoms with Crippen LogP contribution in [0.5, 0.6) is 0 Å². The van der Waals surface area contributed by atoms with Gasteiger partial charge in [-0.25, -0.2) is 0 Å². The third kappa shape index (κ3) is 4.12. The number of likely N-dealkylation sites (N-methyl/N-ethyl adjacent to an activating group) is 1. The van der Waals surface area contributed by atoms with Gasteiger partial charge in [0.2, 0.25) is 0 Å². The topological polar surface area (TPSA) is 24.9 Å². The van der Waals surface area contributed by atoms with E-state index in [1.807, 2.05) is 6.20 Å². The third-order valence-electron chi connectivity index (χ3n) is 3.56. The molecule has 1 N–H and O–H groups in total. The average Bonchev–Trinajstić information content (AvgIpc) is 3.14. The highest BCUT2D eigenvalue weighted by Crippen LogP contribution is 2.34. The zero-order valence-corrected chi connectivity index (χ0v) is 11.1. The van der Waals surface area contributed by atoms with E-state index in [1.165, 1.54) is 30.5 Å². The van der Waals surface area contributed by atoms with Crippen LogP contribution < -0.4 is 5.32 Å². The van der Waals surface area contributed by atoms with Crippen molar-refractivity contribution in [1.29, 1.82) is 0 Å². The zero-order chi connectivity index (χ0) is 12.1. The van der Waals surface area contributed by atoms with Crippen molar-refractivity contribution in [3.05, 3.63) is 29.6 Å². The first-order valence-corrected chi connectivity index (χ1v) is 6.99. The van der Waals surface area contributed by atoms with Crippen molar-refractivity contribution in [2.24, 2.45) is 5.92 Å². The second-order valence-electron chi connectivity index (χ2n) is 5.15. The first kappa shape index (κ1) is 12.6. The SMILES string of the molecule is CCNC(Cc1ccc(CC)cn1)CC1CC1. The summed E-state index contributed by atoms with van der Waals surface area (Å²) in [6.45, 7) is 5.42. The fourth-order valence-electron chi connectivity index (χ4n) is 2.32. The van der Waals surface area contributed by atoms with Gasteiger partial charge in [-0.05, 0) is 36.9 Å². The van der Waals surface area contributed by atoms with Crippen LogP contribution >= 0.6 is 0 Å². The molecule has 1 fully saturated rings. The standard InChI is InChI=1S/C15H24N2/c1-3-12-7-8-14(17-11-12)10-15(16-4-2)9-13-5-6-13/h7-8,11,13,15-16H,3-6,9-10H2,1-2H3. The second kappa shape index (κ2) is 6.15. The fourth-order valence-corrected chi connectivity index (χ4v) is 2.32. The van der Waals surface area contributed by atoms with Gasteiger partial charge in [0.25, 0.3) is 0 Å². The van der Waals surface area contributed by atoms with Crippen molar-refractivity contribution in [2.75, 3.05) is 6.54 Å². The summed E-state index contributed by atoms with van der Waals surface area (Å²) in [6.07, 6.45) is 8.37. The quantitative estimate of drug-likeness (QED) is 0.782. The summed E-state index contributed by atoms with van der Waals surface area (Å²) in [5, 5.41) is 3.59. The normalized spacial score (nSPS) is 17.1. The lowest BCUT2D eigenvalue weighted by molar-refractivity contribution is 0.462. The molecule has 1 saturated carbocycles. The van der Waals surface area contributed by atoms with E-state index in [1.54, 1.807) is 0 Å². The van der Waals surface area contributed by atoms with E-state index in [4.69, 9.17) is 0 Å². The van der Waals surface area contributed by atoms with Gasteiger partial charge in [0.1, 0.15) is 0 Å². The molecule has 17 heavy (non-hydrogen) atoms. The van der Waals surface area contributed by atoms with Gasteiger partial charge < -0.3 is 5.32 Å². The van der Waals surface area contributed by atoms with Crippen molar-refractivity contribution in [1.82, 2.24) is 10.3 Å². The molecule has 94 valence electrons. The summed E-state index contributed by atoms with van der Waals surface area (Å²) in [4.78, 5) is 4.56. The molecule has 1 heterocycles. The molecule has 0 radical (unpaired) electrons. The monoisotopic (exact) mass is 232 g/mol. The Morgan fingerprint density at radius 3 is 2.71 bits per heavy atom. The van der Waals surface area contributed by atoms with Gasteiger partial charge in [-0.1, -0.05) is 32.8 Å². The van der Waals surface area contributed by atoms with Crippen molar-refractivity contribution in [3.63, 3.8) is 0 Å². The van der Waals surface area contributed by atoms with Crippen LogP contribution in [0.15, 0.2) is 18.3 Å². The Morgan fingerprint density at radius 2 is 2.18 bits per heavy atom. The molecule has 1 aliphatic rings. The largest absolute Gasteiger partial charge is 0.314 e. The number of nitrogens with zero attached hydrogens (tertiary/aromatic N) is 1. The number of hydrogen-bond donors (Lipinski definition) is 1. The van der Waals surface area contributed by atoms with E-state index in [-0.39, 0.29) is 0 Å². The Morgan fingerprint density at radius 1 is 1.35 bits per heavy atom. The van der Waals surface area contributed by atoms with E-state index >= 15 is 0 Å². The van der Waals surface area contributed by atoms with Gasteiger partial charge in [0, 0.05) is 24.4 Å². The molecule has 1 aliphatic carbocycles. The number of aromatic nitrogens is 1. The van der Waals surface area contributed by atoms with Crippen LogP contribution in [0, 0.1) is 5.92 Å². The highest BCUT2D eigenvalue weighted by atomic mass is 14.9. The summed E-state index contributed by atoms with van der Waals surface area (Å²) in [5.41, 5.74) is 2.56. The molecule has 1 unspecified atom stereocenters. The molecule has 0 spiro atoms. The molecule has 1 atom stereocenters. The van der Waals surface area contributed by atoms with E-state index < -0.39 is 0 Å². The molecule has 2 rings (SSSR count). The molecule has 0 saturated heterocycles. The maximum absolute atomic E-state index is 4.56. The predicted octanol–water partition coefficient (Wildman–Crippen LogP) is 2.96. The van der Waals surface area contributed by atoms with Gasteiger partial charge in [-0.15, -0.1) is 0 Å². The van der Waals surface area contributed by atoms with Crippen LogP contribution in [0.4, 0.5) is 0 Å². The Hall–Kier alpha value is -0.890.